The lowest BCUT2D eigenvalue weighted by molar-refractivity contribution is -0.117. The molecule has 176 valence electrons. The number of ketones is 1. The summed E-state index contributed by atoms with van der Waals surface area (Å²) in [5.74, 6) is -3.85. The fourth-order valence-electron chi connectivity index (χ4n) is 3.74. The third-order valence-electron chi connectivity index (χ3n) is 5.54. The van der Waals surface area contributed by atoms with E-state index in [9.17, 15) is 18.4 Å². The summed E-state index contributed by atoms with van der Waals surface area (Å²) in [5.41, 5.74) is 1.03. The molecule has 0 aromatic heterocycles. The van der Waals surface area contributed by atoms with Gasteiger partial charge in [0.2, 0.25) is 5.91 Å². The van der Waals surface area contributed by atoms with Crippen LogP contribution in [0.2, 0.25) is 15.1 Å². The Balaban J connectivity index is 1.51. The molecule has 3 aromatic rings. The SMILES string of the molecule is O=C(Cc1ccc(F)cc1F)c1cc(NC(=O)C2C(c3ccc(Cl)c(Cl)c3)C2(Cl)Cl)ccc1Cl. The number of carbonyl (C=O) groups is 2. The first-order chi connectivity index (χ1) is 16.0. The highest BCUT2D eigenvalue weighted by Crippen LogP contribution is 2.65. The predicted molar refractivity (Wildman–Crippen MR) is 132 cm³/mol. The average Bonchev–Trinajstić information content (AvgIpc) is 3.35. The molecule has 2 atom stereocenters. The van der Waals surface area contributed by atoms with Crippen LogP contribution in [0, 0.1) is 17.6 Å². The standard InChI is InChI=1S/C24H14Cl5F2NO2/c25-16-6-4-14(10-15(16)20(33)8-11-1-3-13(30)9-19(11)31)32-23(34)22-21(24(22,28)29)12-2-5-17(26)18(27)7-12/h1-7,9-10,21-22H,8H2,(H,32,34). The smallest absolute Gasteiger partial charge is 0.231 e. The molecule has 3 aromatic carbocycles. The van der Waals surface area contributed by atoms with Crippen molar-refractivity contribution >= 4 is 75.4 Å². The molecule has 1 aliphatic carbocycles. The Labute approximate surface area is 218 Å². The van der Waals surface area contributed by atoms with Gasteiger partial charge in [-0.05, 0) is 47.5 Å². The second kappa shape index (κ2) is 9.63. The monoisotopic (exact) mass is 561 g/mol. The van der Waals surface area contributed by atoms with E-state index in [4.69, 9.17) is 58.0 Å². The minimum Gasteiger partial charge on any atom is -0.326 e. The van der Waals surface area contributed by atoms with E-state index >= 15 is 0 Å². The summed E-state index contributed by atoms with van der Waals surface area (Å²) >= 11 is 30.9. The number of benzene rings is 3. The topological polar surface area (TPSA) is 46.2 Å². The van der Waals surface area contributed by atoms with Crippen LogP contribution in [-0.2, 0) is 11.2 Å². The predicted octanol–water partition coefficient (Wildman–Crippen LogP) is 7.88. The molecular formula is C24H14Cl5F2NO2. The quantitative estimate of drug-likeness (QED) is 0.245. The van der Waals surface area contributed by atoms with Crippen molar-refractivity contribution in [2.24, 2.45) is 5.92 Å². The zero-order chi connectivity index (χ0) is 24.8. The molecule has 1 fully saturated rings. The van der Waals surface area contributed by atoms with Gasteiger partial charge in [-0.2, -0.15) is 0 Å². The minimum absolute atomic E-state index is 0.0217. The maximum atomic E-state index is 13.9. The molecular weight excluding hydrogens is 550 g/mol. The van der Waals surface area contributed by atoms with Gasteiger partial charge in [0.1, 0.15) is 16.0 Å². The molecule has 0 saturated heterocycles. The van der Waals surface area contributed by atoms with Crippen molar-refractivity contribution in [3.05, 3.63) is 98.0 Å². The number of rotatable bonds is 6. The molecule has 0 spiro atoms. The van der Waals surface area contributed by atoms with Crippen LogP contribution in [0.5, 0.6) is 0 Å². The van der Waals surface area contributed by atoms with E-state index in [1.807, 2.05) is 0 Å². The van der Waals surface area contributed by atoms with Crippen molar-refractivity contribution in [1.29, 1.82) is 0 Å². The van der Waals surface area contributed by atoms with E-state index in [0.29, 0.717) is 21.7 Å². The highest BCUT2D eigenvalue weighted by molar-refractivity contribution is 6.53. The van der Waals surface area contributed by atoms with Gasteiger partial charge in [-0.3, -0.25) is 9.59 Å². The summed E-state index contributed by atoms with van der Waals surface area (Å²) < 4.78 is 25.7. The lowest BCUT2D eigenvalue weighted by atomic mass is 10.0. The molecule has 0 bridgehead atoms. The molecule has 3 nitrogen and oxygen atoms in total. The summed E-state index contributed by atoms with van der Waals surface area (Å²) in [6.07, 6.45) is -0.336. The number of hydrogen-bond acceptors (Lipinski definition) is 2. The summed E-state index contributed by atoms with van der Waals surface area (Å²) in [7, 11) is 0. The maximum Gasteiger partial charge on any atom is 0.231 e. The number of amides is 1. The van der Waals surface area contributed by atoms with E-state index in [1.54, 1.807) is 18.2 Å². The number of halogens is 7. The molecule has 0 radical (unpaired) electrons. The van der Waals surface area contributed by atoms with Crippen LogP contribution >= 0.6 is 58.0 Å². The Hall–Kier alpha value is -1.89. The number of carbonyl (C=O) groups excluding carboxylic acids is 2. The lowest BCUT2D eigenvalue weighted by Gasteiger charge is -2.10. The summed E-state index contributed by atoms with van der Waals surface area (Å²) in [6.45, 7) is 0. The minimum atomic E-state index is -1.35. The highest BCUT2D eigenvalue weighted by atomic mass is 35.5. The molecule has 4 rings (SSSR count). The van der Waals surface area contributed by atoms with E-state index in [0.717, 1.165) is 6.07 Å². The van der Waals surface area contributed by atoms with Crippen molar-refractivity contribution in [1.82, 2.24) is 0 Å². The number of Topliss-reactive ketones (excluding diaryl/α,β-unsaturated/α-hetero) is 1. The van der Waals surface area contributed by atoms with Crippen LogP contribution in [0.15, 0.2) is 54.6 Å². The average molecular weight is 564 g/mol. The molecule has 0 aliphatic heterocycles. The van der Waals surface area contributed by atoms with Crippen LogP contribution in [-0.4, -0.2) is 16.0 Å². The Morgan fingerprint density at radius 3 is 2.26 bits per heavy atom. The second-order valence-electron chi connectivity index (χ2n) is 7.82. The third kappa shape index (κ3) is 5.05. The Morgan fingerprint density at radius 1 is 0.882 bits per heavy atom. The maximum absolute atomic E-state index is 13.9. The highest BCUT2D eigenvalue weighted by Gasteiger charge is 2.67. The van der Waals surface area contributed by atoms with Gasteiger partial charge in [-0.15, -0.1) is 23.2 Å². The molecule has 1 N–H and O–H groups in total. The van der Waals surface area contributed by atoms with E-state index in [1.165, 1.54) is 24.3 Å². The van der Waals surface area contributed by atoms with E-state index in [-0.39, 0.29) is 28.3 Å². The van der Waals surface area contributed by atoms with Gasteiger partial charge in [-0.1, -0.05) is 46.9 Å². The van der Waals surface area contributed by atoms with Crippen molar-refractivity contribution in [3.63, 3.8) is 0 Å². The van der Waals surface area contributed by atoms with Crippen molar-refractivity contribution in [3.8, 4) is 0 Å². The van der Waals surface area contributed by atoms with Gasteiger partial charge in [0, 0.05) is 29.7 Å². The van der Waals surface area contributed by atoms with E-state index in [2.05, 4.69) is 5.32 Å². The number of alkyl halides is 2. The number of hydrogen-bond donors (Lipinski definition) is 1. The molecule has 1 saturated carbocycles. The van der Waals surface area contributed by atoms with Crippen molar-refractivity contribution < 1.29 is 18.4 Å². The van der Waals surface area contributed by atoms with Crippen LogP contribution in [0.1, 0.15) is 27.4 Å². The fourth-order valence-corrected chi connectivity index (χ4v) is 5.10. The fraction of sp³-hybridized carbons (Fsp3) is 0.167. The molecule has 1 amide bonds. The van der Waals surface area contributed by atoms with E-state index < -0.39 is 39.5 Å². The third-order valence-corrected chi connectivity index (χ3v) is 7.55. The second-order valence-corrected chi connectivity index (χ2v) is 10.5. The summed E-state index contributed by atoms with van der Waals surface area (Å²) in [6, 6.07) is 12.2. The Bertz CT molecular complexity index is 1310. The summed E-state index contributed by atoms with van der Waals surface area (Å²) in [4.78, 5) is 25.7. The van der Waals surface area contributed by atoms with Gasteiger partial charge >= 0.3 is 0 Å². The van der Waals surface area contributed by atoms with Gasteiger partial charge in [0.15, 0.2) is 5.78 Å². The normalized spacial score (nSPS) is 18.4. The zero-order valence-corrected chi connectivity index (χ0v) is 20.8. The van der Waals surface area contributed by atoms with Gasteiger partial charge in [-0.25, -0.2) is 8.78 Å². The Kier molecular flexibility index (Phi) is 7.14. The summed E-state index contributed by atoms with van der Waals surface area (Å²) in [5, 5.41) is 3.48. The first-order valence-electron chi connectivity index (χ1n) is 9.89. The molecule has 0 heterocycles. The van der Waals surface area contributed by atoms with Crippen LogP contribution in [0.4, 0.5) is 14.5 Å². The van der Waals surface area contributed by atoms with Gasteiger partial charge in [0.05, 0.1) is 21.0 Å². The van der Waals surface area contributed by atoms with Crippen LogP contribution in [0.3, 0.4) is 0 Å². The van der Waals surface area contributed by atoms with Crippen molar-refractivity contribution in [2.45, 2.75) is 16.7 Å². The molecule has 34 heavy (non-hydrogen) atoms. The van der Waals surface area contributed by atoms with Crippen molar-refractivity contribution in [2.75, 3.05) is 5.32 Å². The van der Waals surface area contributed by atoms with Crippen LogP contribution in [0.25, 0.3) is 0 Å². The van der Waals surface area contributed by atoms with Gasteiger partial charge < -0.3 is 5.32 Å². The number of anilines is 1. The van der Waals surface area contributed by atoms with Gasteiger partial charge in [0.25, 0.3) is 0 Å². The molecule has 1 aliphatic rings. The molecule has 2 unspecified atom stereocenters. The first kappa shape index (κ1) is 25.2. The number of nitrogens with one attached hydrogen (secondary N) is 1. The van der Waals surface area contributed by atoms with Crippen LogP contribution < -0.4 is 5.32 Å². The Morgan fingerprint density at radius 2 is 1.59 bits per heavy atom. The first-order valence-corrected chi connectivity index (χ1v) is 11.8. The lowest BCUT2D eigenvalue weighted by Crippen LogP contribution is -2.17. The largest absolute Gasteiger partial charge is 0.326 e. The zero-order valence-electron chi connectivity index (χ0n) is 17.0. The molecule has 10 heteroatoms.